The van der Waals surface area contributed by atoms with Gasteiger partial charge in [-0.05, 0) is 60.4 Å². The zero-order chi connectivity index (χ0) is 24.5. The summed E-state index contributed by atoms with van der Waals surface area (Å²) in [5.74, 6) is 2.54. The Kier molecular flexibility index (Phi) is 8.07. The summed E-state index contributed by atoms with van der Waals surface area (Å²) in [7, 11) is 1.64. The third kappa shape index (κ3) is 6.67. The van der Waals surface area contributed by atoms with E-state index in [2.05, 4.69) is 24.4 Å². The molecule has 0 atom stereocenters. The number of nitrogens with one attached hydrogen (secondary N) is 1. The topological polar surface area (TPSA) is 68.1 Å². The molecule has 0 unspecified atom stereocenters. The van der Waals surface area contributed by atoms with Crippen molar-refractivity contribution < 1.29 is 9.47 Å². The van der Waals surface area contributed by atoms with E-state index in [9.17, 15) is 0 Å². The van der Waals surface area contributed by atoms with Crippen molar-refractivity contribution in [3.8, 4) is 11.5 Å². The van der Waals surface area contributed by atoms with Crippen molar-refractivity contribution in [1.29, 1.82) is 0 Å². The predicted octanol–water partition coefficient (Wildman–Crippen LogP) is 6.37. The van der Waals surface area contributed by atoms with Crippen LogP contribution in [0.2, 0.25) is 0 Å². The number of aliphatic imine (C=N–C) groups is 1. The molecule has 0 saturated heterocycles. The molecule has 6 nitrogen and oxygen atoms in total. The van der Waals surface area contributed by atoms with E-state index in [0.29, 0.717) is 29.8 Å². The molecule has 0 amide bonds. The number of hydrogen-bond donors (Lipinski definition) is 1. The van der Waals surface area contributed by atoms with E-state index in [1.807, 2.05) is 84.9 Å². The number of hydrogen-bond acceptors (Lipinski definition) is 5. The fraction of sp³-hybridized carbons (Fsp3) is 0.207. The summed E-state index contributed by atoms with van der Waals surface area (Å²) in [5.41, 5.74) is 6.37. The minimum absolute atomic E-state index is 0.554. The highest BCUT2D eigenvalue weighted by Crippen LogP contribution is 2.28. The number of hydrazone groups is 1. The van der Waals surface area contributed by atoms with Crippen LogP contribution in [-0.4, -0.2) is 30.8 Å². The van der Waals surface area contributed by atoms with Crippen molar-refractivity contribution in [2.75, 3.05) is 13.7 Å². The van der Waals surface area contributed by atoms with E-state index in [-0.39, 0.29) is 0 Å². The summed E-state index contributed by atoms with van der Waals surface area (Å²) in [5, 5.41) is 5.51. The number of rotatable bonds is 9. The van der Waals surface area contributed by atoms with Crippen molar-refractivity contribution in [2.45, 2.75) is 20.3 Å². The number of para-hydroxylation sites is 2. The molecule has 0 aliphatic carbocycles. The average molecular weight is 467 g/mol. The first-order valence-electron chi connectivity index (χ1n) is 11.7. The molecule has 1 aromatic heterocycles. The molecule has 0 aliphatic heterocycles. The first kappa shape index (κ1) is 24.0. The Bertz CT molecular complexity index is 1320. The van der Waals surface area contributed by atoms with Crippen LogP contribution < -0.4 is 14.9 Å². The summed E-state index contributed by atoms with van der Waals surface area (Å²) in [4.78, 5) is 9.52. The third-order valence-corrected chi connectivity index (χ3v) is 5.36. The van der Waals surface area contributed by atoms with Gasteiger partial charge in [0, 0.05) is 5.39 Å². The number of benzene rings is 3. The minimum atomic E-state index is 0.554. The third-order valence-electron chi connectivity index (χ3n) is 5.36. The van der Waals surface area contributed by atoms with Crippen LogP contribution in [0.5, 0.6) is 11.5 Å². The van der Waals surface area contributed by atoms with Gasteiger partial charge in [-0.1, -0.05) is 56.3 Å². The number of amidine groups is 1. The van der Waals surface area contributed by atoms with Crippen LogP contribution in [0.3, 0.4) is 0 Å². The lowest BCUT2D eigenvalue weighted by molar-refractivity contribution is 0.273. The van der Waals surface area contributed by atoms with Gasteiger partial charge in [0.1, 0.15) is 5.69 Å². The maximum atomic E-state index is 5.88. The molecular weight excluding hydrogens is 436 g/mol. The van der Waals surface area contributed by atoms with Gasteiger partial charge in [-0.2, -0.15) is 5.10 Å². The second kappa shape index (κ2) is 11.8. The van der Waals surface area contributed by atoms with Crippen LogP contribution in [0.15, 0.2) is 95.0 Å². The van der Waals surface area contributed by atoms with Crippen molar-refractivity contribution >= 4 is 28.6 Å². The van der Waals surface area contributed by atoms with Crippen LogP contribution in [-0.2, 0) is 0 Å². The Hall–Kier alpha value is -4.19. The van der Waals surface area contributed by atoms with E-state index >= 15 is 0 Å². The van der Waals surface area contributed by atoms with Gasteiger partial charge in [0.25, 0.3) is 0 Å². The summed E-state index contributed by atoms with van der Waals surface area (Å²) in [6, 6.07) is 27.5. The van der Waals surface area contributed by atoms with E-state index in [0.717, 1.165) is 34.3 Å². The maximum Gasteiger partial charge on any atom is 0.173 e. The molecule has 0 saturated carbocycles. The van der Waals surface area contributed by atoms with Crippen LogP contribution >= 0.6 is 0 Å². The summed E-state index contributed by atoms with van der Waals surface area (Å²) in [6.07, 6.45) is 2.71. The van der Waals surface area contributed by atoms with Crippen molar-refractivity contribution in [1.82, 2.24) is 10.4 Å². The number of pyridine rings is 1. The Balaban J connectivity index is 1.55. The van der Waals surface area contributed by atoms with Gasteiger partial charge >= 0.3 is 0 Å². The van der Waals surface area contributed by atoms with Crippen LogP contribution in [0.25, 0.3) is 10.9 Å². The number of methoxy groups -OCH3 is 1. The molecule has 0 radical (unpaired) electrons. The molecular formula is C29H30N4O2. The molecule has 0 spiro atoms. The highest BCUT2D eigenvalue weighted by Gasteiger charge is 2.08. The fourth-order valence-corrected chi connectivity index (χ4v) is 3.43. The smallest absolute Gasteiger partial charge is 0.173 e. The fourth-order valence-electron chi connectivity index (χ4n) is 3.43. The molecule has 0 bridgehead atoms. The monoisotopic (exact) mass is 466 g/mol. The Labute approximate surface area is 206 Å². The molecule has 6 heteroatoms. The Morgan fingerprint density at radius 1 is 0.943 bits per heavy atom. The predicted molar refractivity (Wildman–Crippen MR) is 143 cm³/mol. The second-order valence-electron chi connectivity index (χ2n) is 8.50. The van der Waals surface area contributed by atoms with Gasteiger partial charge in [-0.3, -0.25) is 5.43 Å². The number of fused-ring (bicyclic) bond motifs is 1. The van der Waals surface area contributed by atoms with Gasteiger partial charge in [-0.15, -0.1) is 0 Å². The lowest BCUT2D eigenvalue weighted by atomic mass is 10.1. The zero-order valence-electron chi connectivity index (χ0n) is 20.3. The van der Waals surface area contributed by atoms with Gasteiger partial charge in [-0.25, -0.2) is 9.98 Å². The summed E-state index contributed by atoms with van der Waals surface area (Å²) >= 11 is 0. The molecule has 4 aromatic rings. The maximum absolute atomic E-state index is 5.88. The molecule has 35 heavy (non-hydrogen) atoms. The van der Waals surface area contributed by atoms with Gasteiger partial charge in [0.15, 0.2) is 17.3 Å². The molecule has 4 rings (SSSR count). The SMILES string of the molecule is COc1cc(/C=N/NC(=Nc2ccccc2)c2ccc3ccccc3n2)ccc1OCCC(C)C. The number of aromatic nitrogens is 1. The van der Waals surface area contributed by atoms with E-state index in [1.54, 1.807) is 13.3 Å². The van der Waals surface area contributed by atoms with E-state index in [4.69, 9.17) is 19.5 Å². The highest BCUT2D eigenvalue weighted by molar-refractivity contribution is 6.00. The molecule has 1 N–H and O–H groups in total. The number of ether oxygens (including phenoxy) is 2. The lowest BCUT2D eigenvalue weighted by Crippen LogP contribution is -2.20. The summed E-state index contributed by atoms with van der Waals surface area (Å²) in [6.45, 7) is 5.01. The molecule has 3 aromatic carbocycles. The lowest BCUT2D eigenvalue weighted by Gasteiger charge is -2.12. The quantitative estimate of drug-likeness (QED) is 0.177. The standard InChI is InChI=1S/C29H30N4O2/c1-21(2)17-18-35-27-16-13-22(19-28(27)34-3)20-30-33-29(31-24-10-5-4-6-11-24)26-15-14-23-9-7-8-12-25(23)32-26/h4-16,19-21H,17-18H2,1-3H3,(H,31,33)/b30-20+. The summed E-state index contributed by atoms with van der Waals surface area (Å²) < 4.78 is 11.4. The van der Waals surface area contributed by atoms with Crippen LogP contribution in [0.1, 0.15) is 31.5 Å². The van der Waals surface area contributed by atoms with Gasteiger partial charge in [0.2, 0.25) is 0 Å². The molecule has 1 heterocycles. The first-order valence-corrected chi connectivity index (χ1v) is 11.7. The van der Waals surface area contributed by atoms with Crippen LogP contribution in [0.4, 0.5) is 5.69 Å². The second-order valence-corrected chi connectivity index (χ2v) is 8.50. The molecule has 0 aliphatic rings. The first-order chi connectivity index (χ1) is 17.1. The Morgan fingerprint density at radius 2 is 1.74 bits per heavy atom. The highest BCUT2D eigenvalue weighted by atomic mass is 16.5. The van der Waals surface area contributed by atoms with Gasteiger partial charge in [0.05, 0.1) is 31.1 Å². The van der Waals surface area contributed by atoms with E-state index in [1.165, 1.54) is 0 Å². The largest absolute Gasteiger partial charge is 0.493 e. The van der Waals surface area contributed by atoms with Crippen molar-refractivity contribution in [3.05, 3.63) is 96.2 Å². The molecule has 178 valence electrons. The van der Waals surface area contributed by atoms with Gasteiger partial charge < -0.3 is 9.47 Å². The zero-order valence-corrected chi connectivity index (χ0v) is 20.3. The normalized spacial score (nSPS) is 11.8. The van der Waals surface area contributed by atoms with Crippen LogP contribution in [0, 0.1) is 5.92 Å². The van der Waals surface area contributed by atoms with Crippen molar-refractivity contribution in [2.24, 2.45) is 16.0 Å². The number of nitrogens with zero attached hydrogens (tertiary/aromatic N) is 3. The Morgan fingerprint density at radius 3 is 2.54 bits per heavy atom. The van der Waals surface area contributed by atoms with E-state index < -0.39 is 0 Å². The minimum Gasteiger partial charge on any atom is -0.493 e. The average Bonchev–Trinajstić information content (AvgIpc) is 2.89. The molecule has 0 fully saturated rings. The van der Waals surface area contributed by atoms with Crippen molar-refractivity contribution in [3.63, 3.8) is 0 Å².